The zero-order valence-electron chi connectivity index (χ0n) is 52.7. The average Bonchev–Trinajstić information content (AvgIpc) is 3.47. The van der Waals surface area contributed by atoms with E-state index in [-0.39, 0.29) is 21.7 Å². The first-order chi connectivity index (χ1) is 38.5. The molecule has 0 saturated carbocycles. The van der Waals surface area contributed by atoms with Crippen molar-refractivity contribution in [1.29, 1.82) is 0 Å². The van der Waals surface area contributed by atoms with Crippen LogP contribution in [-0.2, 0) is 47.3 Å². The molecule has 6 aromatic rings. The zero-order valence-corrected chi connectivity index (χ0v) is 53.5. The van der Waals surface area contributed by atoms with Crippen LogP contribution >= 0.6 is 11.8 Å². The molecule has 0 unspecified atom stereocenters. The van der Waals surface area contributed by atoms with Crippen LogP contribution in [0.2, 0.25) is 0 Å². The fraction of sp³-hybridized carbons (Fsp3) is 0.493. The van der Waals surface area contributed by atoms with E-state index in [1.807, 2.05) is 24.3 Å². The summed E-state index contributed by atoms with van der Waals surface area (Å²) in [6, 6.07) is 36.0. The van der Waals surface area contributed by atoms with Crippen molar-refractivity contribution in [3.05, 3.63) is 175 Å². The van der Waals surface area contributed by atoms with Crippen molar-refractivity contribution in [3.63, 3.8) is 0 Å². The minimum absolute atomic E-state index is 0.106. The van der Waals surface area contributed by atoms with E-state index >= 15 is 0 Å². The van der Waals surface area contributed by atoms with E-state index < -0.39 is 0 Å². The smallest absolute Gasteiger partial charge is 0.126 e. The molecule has 0 heterocycles. The van der Waals surface area contributed by atoms with Gasteiger partial charge in [-0.2, -0.15) is 0 Å². The summed E-state index contributed by atoms with van der Waals surface area (Å²) in [5.74, 6) is 11.4. The first kappa shape index (κ1) is 62.8. The minimum atomic E-state index is -0.135. The average molecular weight is 1110 g/mol. The van der Waals surface area contributed by atoms with Gasteiger partial charge in [-0.05, 0) is 175 Å². The molecule has 0 saturated heterocycles. The summed E-state index contributed by atoms with van der Waals surface area (Å²) in [6.07, 6.45) is 12.5. The molecule has 0 amide bonds. The van der Waals surface area contributed by atoms with Crippen LogP contribution in [0.15, 0.2) is 102 Å². The number of fused-ring (bicyclic) bond motifs is 8. The van der Waals surface area contributed by atoms with Crippen LogP contribution in [0, 0.1) is 11.8 Å². The molecule has 0 atom stereocenters. The fourth-order valence-corrected chi connectivity index (χ4v) is 10.7. The second-order valence-electron chi connectivity index (χ2n) is 26.7. The lowest BCUT2D eigenvalue weighted by Crippen LogP contribution is -2.18. The third-order valence-corrected chi connectivity index (χ3v) is 16.3. The maximum atomic E-state index is 7.31. The monoisotopic (exact) mass is 1110 g/mol. The Kier molecular flexibility index (Phi) is 21.7. The maximum absolute atomic E-state index is 7.31. The molecule has 434 valence electrons. The Morgan fingerprint density at radius 1 is 0.346 bits per heavy atom. The highest BCUT2D eigenvalue weighted by Gasteiger charge is 2.30. The number of rotatable bonds is 20. The molecule has 0 fully saturated rings. The Morgan fingerprint density at radius 3 is 0.840 bits per heavy atom. The molecular weight excluding hydrogens is 1010 g/mol. The summed E-state index contributed by atoms with van der Waals surface area (Å²) < 4.78 is 35.1. The van der Waals surface area contributed by atoms with Crippen LogP contribution in [0.4, 0.5) is 0 Å². The van der Waals surface area contributed by atoms with Crippen LogP contribution in [0.1, 0.15) is 233 Å². The number of ether oxygens (including phenoxy) is 5. The molecule has 0 aliphatic heterocycles. The Balaban J connectivity index is 1.38. The van der Waals surface area contributed by atoms with E-state index in [1.165, 1.54) is 71.7 Å². The SMILES string of the molecule is CCCCOc1c2cc(C(C)(C)C)cc1Cc1cc(C(C)(C)C)cc(c1OCCCC)Cc1cc(C(C)(C)C)cc(c1OCCCCOc1ccc(C#Cc3ccc(SC)cc3)cc1)Cc1cc(C(C)(C)C)cc(c1OCCCC)C2. The minimum Gasteiger partial charge on any atom is -0.494 e. The van der Waals surface area contributed by atoms with Crippen LogP contribution in [0.3, 0.4) is 0 Å². The maximum Gasteiger partial charge on any atom is 0.126 e. The van der Waals surface area contributed by atoms with Gasteiger partial charge in [-0.25, -0.2) is 0 Å². The van der Waals surface area contributed by atoms with Crippen LogP contribution in [0.25, 0.3) is 0 Å². The number of hydrogen-bond acceptors (Lipinski definition) is 6. The quantitative estimate of drug-likeness (QED) is 0.0431. The van der Waals surface area contributed by atoms with Crippen molar-refractivity contribution in [1.82, 2.24) is 0 Å². The van der Waals surface area contributed by atoms with Gasteiger partial charge >= 0.3 is 0 Å². The van der Waals surface area contributed by atoms with Crippen molar-refractivity contribution in [3.8, 4) is 40.6 Å². The van der Waals surface area contributed by atoms with Crippen molar-refractivity contribution < 1.29 is 23.7 Å². The van der Waals surface area contributed by atoms with Gasteiger partial charge in [0.1, 0.15) is 28.7 Å². The van der Waals surface area contributed by atoms with Gasteiger partial charge < -0.3 is 23.7 Å². The highest BCUT2D eigenvalue weighted by Crippen LogP contribution is 2.45. The van der Waals surface area contributed by atoms with Crippen molar-refractivity contribution in [2.45, 2.75) is 207 Å². The lowest BCUT2D eigenvalue weighted by molar-refractivity contribution is 0.264. The second kappa shape index (κ2) is 28.0. The molecule has 0 aromatic heterocycles. The van der Waals surface area contributed by atoms with Crippen molar-refractivity contribution in [2.75, 3.05) is 39.3 Å². The fourth-order valence-electron chi connectivity index (χ4n) is 10.3. The zero-order chi connectivity index (χ0) is 58.5. The van der Waals surface area contributed by atoms with Gasteiger partial charge in [-0.1, -0.05) is 183 Å². The van der Waals surface area contributed by atoms with Gasteiger partial charge in [0.25, 0.3) is 0 Å². The first-order valence-corrected chi connectivity index (χ1v) is 31.8. The van der Waals surface area contributed by atoms with Crippen LogP contribution in [-0.4, -0.2) is 39.3 Å². The Morgan fingerprint density at radius 2 is 0.593 bits per heavy atom. The molecule has 0 spiro atoms. The van der Waals surface area contributed by atoms with Gasteiger partial charge in [0, 0.05) is 41.7 Å². The highest BCUT2D eigenvalue weighted by molar-refractivity contribution is 7.98. The third kappa shape index (κ3) is 17.4. The molecule has 1 aliphatic rings. The molecule has 0 N–H and O–H groups in total. The van der Waals surface area contributed by atoms with E-state index in [0.29, 0.717) is 58.7 Å². The lowest BCUT2D eigenvalue weighted by atomic mass is 9.79. The Bertz CT molecular complexity index is 2960. The molecule has 81 heavy (non-hydrogen) atoms. The molecule has 6 aromatic carbocycles. The summed E-state index contributed by atoms with van der Waals surface area (Å²) in [7, 11) is 0. The molecule has 1 aliphatic carbocycles. The predicted molar refractivity (Wildman–Crippen MR) is 344 cm³/mol. The highest BCUT2D eigenvalue weighted by atomic mass is 32.2. The van der Waals surface area contributed by atoms with Crippen LogP contribution < -0.4 is 23.7 Å². The summed E-state index contributed by atoms with van der Waals surface area (Å²) in [4.78, 5) is 1.24. The first-order valence-electron chi connectivity index (χ1n) is 30.5. The largest absolute Gasteiger partial charge is 0.494 e. The number of hydrogen-bond donors (Lipinski definition) is 0. The molecule has 7 rings (SSSR count). The van der Waals surface area contributed by atoms with E-state index in [4.69, 9.17) is 23.7 Å². The molecule has 5 nitrogen and oxygen atoms in total. The number of benzene rings is 6. The van der Waals surface area contributed by atoms with Gasteiger partial charge in [0.2, 0.25) is 0 Å². The normalized spacial score (nSPS) is 12.8. The molecular formula is C75H98O5S. The van der Waals surface area contributed by atoms with Gasteiger partial charge in [-0.3, -0.25) is 0 Å². The molecule has 6 heteroatoms. The molecule has 8 bridgehead atoms. The summed E-state index contributed by atoms with van der Waals surface area (Å²) in [6.45, 7) is 37.9. The van der Waals surface area contributed by atoms with Gasteiger partial charge in [0.15, 0.2) is 0 Å². The number of thioether (sulfide) groups is 1. The van der Waals surface area contributed by atoms with E-state index in [9.17, 15) is 0 Å². The second-order valence-corrected chi connectivity index (χ2v) is 27.6. The van der Waals surface area contributed by atoms with E-state index in [0.717, 1.165) is 91.2 Å². The topological polar surface area (TPSA) is 46.2 Å². The van der Waals surface area contributed by atoms with Crippen molar-refractivity contribution in [2.24, 2.45) is 0 Å². The van der Waals surface area contributed by atoms with Crippen LogP contribution in [0.5, 0.6) is 28.7 Å². The molecule has 0 radical (unpaired) electrons. The predicted octanol–water partition coefficient (Wildman–Crippen LogP) is 19.4. The van der Waals surface area contributed by atoms with E-state index in [2.05, 4.69) is 195 Å². The van der Waals surface area contributed by atoms with Gasteiger partial charge in [0.05, 0.1) is 33.0 Å². The van der Waals surface area contributed by atoms with E-state index in [1.54, 1.807) is 11.8 Å². The summed E-state index contributed by atoms with van der Waals surface area (Å²) in [5.41, 5.74) is 16.2. The standard InChI is InChI=1S/C75H98O5S/c1-17-20-35-77-68-54-40-56-46-63(73(7,8)9)48-58(69(56)78-36-21-18-2)42-60-50-65(75(13,14)15)51-61(71(60)80-39-24-23-38-76-66-31-27-52(28-32-66)25-26-53-29-33-67(81-16)34-30-53)43-59-49-64(74(10,11)12)47-57(70(59)79-37-22-19-3)41-55(68)45-62(44-54)72(4,5)6/h27-34,44-51H,17-24,35-43H2,1-16H3. The van der Waals surface area contributed by atoms with Gasteiger partial charge in [-0.15, -0.1) is 11.8 Å². The van der Waals surface area contributed by atoms with Crippen molar-refractivity contribution >= 4 is 11.8 Å². The number of unbranched alkanes of at least 4 members (excludes halogenated alkanes) is 4. The summed E-state index contributed by atoms with van der Waals surface area (Å²) >= 11 is 1.74. The summed E-state index contributed by atoms with van der Waals surface area (Å²) in [5, 5.41) is 0. The Hall–Kier alpha value is -5.77. The Labute approximate surface area is 495 Å². The lowest BCUT2D eigenvalue weighted by Gasteiger charge is -2.29. The third-order valence-electron chi connectivity index (χ3n) is 15.5.